The van der Waals surface area contributed by atoms with Crippen LogP contribution in [0.25, 0.3) is 11.0 Å². The summed E-state index contributed by atoms with van der Waals surface area (Å²) in [5.41, 5.74) is 3.93. The second-order valence-corrected chi connectivity index (χ2v) is 6.74. The van der Waals surface area contributed by atoms with Gasteiger partial charge in [-0.1, -0.05) is 12.1 Å². The first-order valence-corrected chi connectivity index (χ1v) is 8.38. The zero-order chi connectivity index (χ0) is 17.4. The summed E-state index contributed by atoms with van der Waals surface area (Å²) < 4.78 is 5.67. The molecule has 0 saturated carbocycles. The molecule has 1 aromatic heterocycles. The Morgan fingerprint density at radius 3 is 2.79 bits per heavy atom. The van der Waals surface area contributed by atoms with Gasteiger partial charge in [0.05, 0.1) is 18.6 Å². The highest BCUT2D eigenvalue weighted by molar-refractivity contribution is 5.90. The molecule has 1 N–H and O–H groups in total. The average molecular weight is 329 g/mol. The first-order chi connectivity index (χ1) is 11.4. The fraction of sp³-hybridized carbons (Fsp3) is 0.474. The highest BCUT2D eigenvalue weighted by Gasteiger charge is 2.35. The third kappa shape index (κ3) is 2.79. The zero-order valence-electron chi connectivity index (χ0n) is 14.3. The Morgan fingerprint density at radius 2 is 2.08 bits per heavy atom. The Morgan fingerprint density at radius 1 is 1.33 bits per heavy atom. The monoisotopic (exact) mass is 329 g/mol. The zero-order valence-corrected chi connectivity index (χ0v) is 14.3. The predicted molar refractivity (Wildman–Crippen MR) is 90.9 cm³/mol. The standard InChI is InChI=1S/C19H23NO4/c1-11-6-7-16-14(10-24-18(16)12(11)2)9-17(21)20-8-4-5-15(13(20)3)19(22)23/h6-7,10,13,15H,4-5,8-9H2,1-3H3,(H,22,23)/t13-,15-/m1/s1. The topological polar surface area (TPSA) is 70.8 Å². The van der Waals surface area contributed by atoms with Gasteiger partial charge in [0, 0.05) is 23.5 Å². The van der Waals surface area contributed by atoms with Crippen molar-refractivity contribution in [3.05, 3.63) is 35.1 Å². The number of aryl methyl sites for hydroxylation is 2. The normalized spacial score (nSPS) is 21.2. The highest BCUT2D eigenvalue weighted by Crippen LogP contribution is 2.29. The molecule has 1 fully saturated rings. The van der Waals surface area contributed by atoms with E-state index in [0.717, 1.165) is 34.1 Å². The van der Waals surface area contributed by atoms with Crippen molar-refractivity contribution in [3.8, 4) is 0 Å². The fourth-order valence-corrected chi connectivity index (χ4v) is 3.61. The largest absolute Gasteiger partial charge is 0.481 e. The van der Waals surface area contributed by atoms with Gasteiger partial charge in [-0.15, -0.1) is 0 Å². The van der Waals surface area contributed by atoms with Crippen LogP contribution in [0, 0.1) is 19.8 Å². The maximum absolute atomic E-state index is 12.7. The van der Waals surface area contributed by atoms with Crippen molar-refractivity contribution in [2.75, 3.05) is 6.54 Å². The summed E-state index contributed by atoms with van der Waals surface area (Å²) in [7, 11) is 0. The Kier molecular flexibility index (Phi) is 4.35. The minimum Gasteiger partial charge on any atom is -0.481 e. The van der Waals surface area contributed by atoms with Crippen LogP contribution in [0.2, 0.25) is 0 Å². The molecule has 5 nitrogen and oxygen atoms in total. The molecule has 128 valence electrons. The van der Waals surface area contributed by atoms with Crippen molar-refractivity contribution in [1.82, 2.24) is 4.90 Å². The summed E-state index contributed by atoms with van der Waals surface area (Å²) in [6, 6.07) is 3.75. The highest BCUT2D eigenvalue weighted by atomic mass is 16.4. The van der Waals surface area contributed by atoms with Crippen LogP contribution in [0.15, 0.2) is 22.8 Å². The average Bonchev–Trinajstić information content (AvgIpc) is 2.94. The van der Waals surface area contributed by atoms with E-state index >= 15 is 0 Å². The van der Waals surface area contributed by atoms with Gasteiger partial charge in [0.1, 0.15) is 5.58 Å². The van der Waals surface area contributed by atoms with E-state index in [2.05, 4.69) is 0 Å². The van der Waals surface area contributed by atoms with Crippen LogP contribution in [0.5, 0.6) is 0 Å². The molecule has 2 aromatic rings. The van der Waals surface area contributed by atoms with Crippen molar-refractivity contribution in [3.63, 3.8) is 0 Å². The van der Waals surface area contributed by atoms with Gasteiger partial charge >= 0.3 is 5.97 Å². The molecule has 0 bridgehead atoms. The number of carbonyl (C=O) groups excluding carboxylic acids is 1. The number of carboxylic acid groups (broad SMARTS) is 1. The van der Waals surface area contributed by atoms with Gasteiger partial charge in [-0.25, -0.2) is 0 Å². The number of amides is 1. The number of hydrogen-bond acceptors (Lipinski definition) is 3. The second kappa shape index (κ2) is 6.30. The van der Waals surface area contributed by atoms with Crippen molar-refractivity contribution >= 4 is 22.8 Å². The number of furan rings is 1. The Bertz CT molecular complexity index is 792. The van der Waals surface area contributed by atoms with Crippen LogP contribution in [0.4, 0.5) is 0 Å². The lowest BCUT2D eigenvalue weighted by Gasteiger charge is -2.37. The van der Waals surface area contributed by atoms with Gasteiger partial charge in [0.2, 0.25) is 5.91 Å². The second-order valence-electron chi connectivity index (χ2n) is 6.74. The molecule has 3 rings (SSSR count). The van der Waals surface area contributed by atoms with Gasteiger partial charge in [0.25, 0.3) is 0 Å². The lowest BCUT2D eigenvalue weighted by molar-refractivity contribution is -0.148. The molecule has 0 radical (unpaired) electrons. The van der Waals surface area contributed by atoms with E-state index in [1.807, 2.05) is 32.9 Å². The number of hydrogen-bond donors (Lipinski definition) is 1. The van der Waals surface area contributed by atoms with Gasteiger partial charge in [-0.05, 0) is 44.7 Å². The fourth-order valence-electron chi connectivity index (χ4n) is 3.61. The molecule has 24 heavy (non-hydrogen) atoms. The van der Waals surface area contributed by atoms with E-state index < -0.39 is 11.9 Å². The molecule has 0 aliphatic carbocycles. The number of fused-ring (bicyclic) bond motifs is 1. The Hall–Kier alpha value is -2.30. The van der Waals surface area contributed by atoms with Crippen LogP contribution in [0.3, 0.4) is 0 Å². The van der Waals surface area contributed by atoms with Gasteiger partial charge in [0.15, 0.2) is 0 Å². The van der Waals surface area contributed by atoms with Crippen molar-refractivity contribution in [2.45, 2.75) is 46.1 Å². The summed E-state index contributed by atoms with van der Waals surface area (Å²) in [6.07, 6.45) is 3.26. The molecule has 0 unspecified atom stereocenters. The van der Waals surface area contributed by atoms with Gasteiger partial charge in [-0.2, -0.15) is 0 Å². The molecule has 2 heterocycles. The first kappa shape index (κ1) is 16.6. The number of likely N-dealkylation sites (tertiary alicyclic amines) is 1. The van der Waals surface area contributed by atoms with E-state index in [4.69, 9.17) is 4.42 Å². The number of carbonyl (C=O) groups is 2. The number of carboxylic acids is 1. The summed E-state index contributed by atoms with van der Waals surface area (Å²) in [4.78, 5) is 25.8. The first-order valence-electron chi connectivity index (χ1n) is 8.38. The van der Waals surface area contributed by atoms with E-state index in [9.17, 15) is 14.7 Å². The number of aliphatic carboxylic acids is 1. The van der Waals surface area contributed by atoms with Crippen LogP contribution in [-0.2, 0) is 16.0 Å². The van der Waals surface area contributed by atoms with Crippen molar-refractivity contribution in [1.29, 1.82) is 0 Å². The van der Waals surface area contributed by atoms with Crippen molar-refractivity contribution < 1.29 is 19.1 Å². The van der Waals surface area contributed by atoms with Crippen LogP contribution < -0.4 is 0 Å². The lowest BCUT2D eigenvalue weighted by atomic mass is 9.90. The molecule has 1 amide bonds. The van der Waals surface area contributed by atoms with E-state index in [1.54, 1.807) is 11.2 Å². The number of nitrogens with zero attached hydrogens (tertiary/aromatic N) is 1. The molecular weight excluding hydrogens is 306 g/mol. The molecule has 5 heteroatoms. The summed E-state index contributed by atoms with van der Waals surface area (Å²) >= 11 is 0. The summed E-state index contributed by atoms with van der Waals surface area (Å²) in [5, 5.41) is 10.3. The summed E-state index contributed by atoms with van der Waals surface area (Å²) in [5.74, 6) is -1.33. The smallest absolute Gasteiger partial charge is 0.308 e. The van der Waals surface area contributed by atoms with Crippen LogP contribution >= 0.6 is 0 Å². The lowest BCUT2D eigenvalue weighted by Crippen LogP contribution is -2.49. The number of benzene rings is 1. The maximum atomic E-state index is 12.7. The minimum absolute atomic E-state index is 0.0330. The van der Waals surface area contributed by atoms with E-state index in [1.165, 1.54) is 0 Å². The number of piperidine rings is 1. The third-order valence-corrected chi connectivity index (χ3v) is 5.31. The molecule has 1 aliphatic heterocycles. The van der Waals surface area contributed by atoms with Gasteiger partial charge < -0.3 is 14.4 Å². The van der Waals surface area contributed by atoms with Crippen LogP contribution in [0.1, 0.15) is 36.5 Å². The molecule has 0 spiro atoms. The molecule has 1 saturated heterocycles. The van der Waals surface area contributed by atoms with E-state index in [0.29, 0.717) is 13.0 Å². The quantitative estimate of drug-likeness (QED) is 0.938. The van der Waals surface area contributed by atoms with E-state index in [-0.39, 0.29) is 18.4 Å². The van der Waals surface area contributed by atoms with Gasteiger partial charge in [-0.3, -0.25) is 9.59 Å². The van der Waals surface area contributed by atoms with Crippen molar-refractivity contribution in [2.24, 2.45) is 5.92 Å². The minimum atomic E-state index is -0.820. The number of rotatable bonds is 3. The molecule has 1 aliphatic rings. The summed E-state index contributed by atoms with van der Waals surface area (Å²) in [6.45, 7) is 6.50. The molecule has 2 atom stereocenters. The Balaban J connectivity index is 1.82. The Labute approximate surface area is 141 Å². The maximum Gasteiger partial charge on any atom is 0.308 e. The predicted octanol–water partition coefficient (Wildman–Crippen LogP) is 3.30. The SMILES string of the molecule is Cc1ccc2c(CC(=O)N3CCC[C@@H](C(=O)O)[C@H]3C)coc2c1C. The third-order valence-electron chi connectivity index (χ3n) is 5.31. The molecular formula is C19H23NO4. The van der Waals surface area contributed by atoms with Crippen LogP contribution in [-0.4, -0.2) is 34.5 Å². The molecule has 1 aromatic carbocycles.